The highest BCUT2D eigenvalue weighted by molar-refractivity contribution is 5.79. The topological polar surface area (TPSA) is 36.4 Å². The van der Waals surface area contributed by atoms with Crippen LogP contribution in [0.1, 0.15) is 29.5 Å². The highest BCUT2D eigenvalue weighted by atomic mass is 15.2. The first kappa shape index (κ1) is 15.6. The van der Waals surface area contributed by atoms with Gasteiger partial charge in [-0.1, -0.05) is 54.6 Å². The number of guanidine groups is 1. The molecule has 0 spiro atoms. The first-order valence-corrected chi connectivity index (χ1v) is 8.28. The van der Waals surface area contributed by atoms with Crippen LogP contribution in [-0.4, -0.2) is 19.6 Å². The van der Waals surface area contributed by atoms with Crippen LogP contribution in [0.2, 0.25) is 0 Å². The Balaban J connectivity index is 1.57. The number of nitrogens with zero attached hydrogens (tertiary/aromatic N) is 1. The Bertz CT molecular complexity index is 672. The molecule has 3 heteroatoms. The van der Waals surface area contributed by atoms with Gasteiger partial charge in [-0.05, 0) is 36.5 Å². The van der Waals surface area contributed by atoms with Crippen LogP contribution in [0.15, 0.2) is 59.6 Å². The molecule has 2 aromatic rings. The molecule has 3 rings (SSSR count). The highest BCUT2D eigenvalue weighted by Gasteiger charge is 2.44. The van der Waals surface area contributed by atoms with Gasteiger partial charge in [0, 0.05) is 25.6 Å². The lowest BCUT2D eigenvalue weighted by Gasteiger charge is -2.20. The number of hydrogen-bond donors (Lipinski definition) is 2. The van der Waals surface area contributed by atoms with Crippen molar-refractivity contribution >= 4 is 5.96 Å². The van der Waals surface area contributed by atoms with E-state index in [0.717, 1.165) is 19.0 Å². The minimum atomic E-state index is 0.287. The zero-order valence-electron chi connectivity index (χ0n) is 14.0. The lowest BCUT2D eigenvalue weighted by molar-refractivity contribution is 0.642. The molecule has 1 aliphatic rings. The summed E-state index contributed by atoms with van der Waals surface area (Å²) in [6.07, 6.45) is 2.50. The van der Waals surface area contributed by atoms with Gasteiger partial charge in [-0.2, -0.15) is 0 Å². The van der Waals surface area contributed by atoms with Gasteiger partial charge in [0.25, 0.3) is 0 Å². The Hall–Kier alpha value is -2.29. The molecule has 1 saturated carbocycles. The SMILES string of the molecule is CN=C(NCc1ccccc1)NCC1(c2ccccc2C)CC1. The van der Waals surface area contributed by atoms with Crippen molar-refractivity contribution in [1.82, 2.24) is 10.6 Å². The van der Waals surface area contributed by atoms with Gasteiger partial charge in [-0.15, -0.1) is 0 Å². The van der Waals surface area contributed by atoms with E-state index in [1.54, 1.807) is 0 Å². The fourth-order valence-corrected chi connectivity index (χ4v) is 3.12. The molecule has 1 aliphatic carbocycles. The average molecular weight is 307 g/mol. The number of aliphatic imine (C=N–C) groups is 1. The minimum absolute atomic E-state index is 0.287. The minimum Gasteiger partial charge on any atom is -0.356 e. The summed E-state index contributed by atoms with van der Waals surface area (Å²) in [5.41, 5.74) is 4.41. The first-order valence-electron chi connectivity index (χ1n) is 8.28. The van der Waals surface area contributed by atoms with Gasteiger partial charge in [0.05, 0.1) is 0 Å². The van der Waals surface area contributed by atoms with Crippen LogP contribution in [-0.2, 0) is 12.0 Å². The van der Waals surface area contributed by atoms with E-state index in [-0.39, 0.29) is 5.41 Å². The van der Waals surface area contributed by atoms with Gasteiger partial charge < -0.3 is 10.6 Å². The summed E-state index contributed by atoms with van der Waals surface area (Å²) in [5, 5.41) is 6.90. The number of benzene rings is 2. The van der Waals surface area contributed by atoms with E-state index in [0.29, 0.717) is 0 Å². The van der Waals surface area contributed by atoms with E-state index >= 15 is 0 Å². The summed E-state index contributed by atoms with van der Waals surface area (Å²) in [6, 6.07) is 19.1. The second-order valence-electron chi connectivity index (χ2n) is 6.36. The summed E-state index contributed by atoms with van der Waals surface area (Å²) in [4.78, 5) is 4.34. The molecular formula is C20H25N3. The van der Waals surface area contributed by atoms with Gasteiger partial charge in [-0.25, -0.2) is 0 Å². The third-order valence-corrected chi connectivity index (χ3v) is 4.69. The van der Waals surface area contributed by atoms with Crippen LogP contribution in [0.4, 0.5) is 0 Å². The maximum atomic E-state index is 4.34. The highest BCUT2D eigenvalue weighted by Crippen LogP contribution is 2.48. The summed E-state index contributed by atoms with van der Waals surface area (Å²) in [7, 11) is 1.83. The van der Waals surface area contributed by atoms with Crippen molar-refractivity contribution in [2.45, 2.75) is 31.7 Å². The molecule has 0 aliphatic heterocycles. The quantitative estimate of drug-likeness (QED) is 0.656. The second kappa shape index (κ2) is 6.86. The van der Waals surface area contributed by atoms with Crippen molar-refractivity contribution < 1.29 is 0 Å². The molecule has 0 radical (unpaired) electrons. The molecule has 0 amide bonds. The summed E-state index contributed by atoms with van der Waals surface area (Å²) >= 11 is 0. The Morgan fingerprint density at radius 3 is 2.35 bits per heavy atom. The van der Waals surface area contributed by atoms with E-state index in [2.05, 4.69) is 71.1 Å². The third kappa shape index (κ3) is 3.73. The second-order valence-corrected chi connectivity index (χ2v) is 6.36. The Kier molecular flexibility index (Phi) is 4.65. The third-order valence-electron chi connectivity index (χ3n) is 4.69. The van der Waals surface area contributed by atoms with Crippen LogP contribution >= 0.6 is 0 Å². The number of nitrogens with one attached hydrogen (secondary N) is 2. The van der Waals surface area contributed by atoms with E-state index < -0.39 is 0 Å². The Morgan fingerprint density at radius 1 is 1.00 bits per heavy atom. The average Bonchev–Trinajstić information content (AvgIpc) is 3.37. The standard InChI is InChI=1S/C20H25N3/c1-16-8-6-7-11-18(16)20(12-13-20)15-23-19(21-2)22-14-17-9-4-3-5-10-17/h3-11H,12-15H2,1-2H3,(H2,21,22,23). The van der Waals surface area contributed by atoms with Crippen LogP contribution < -0.4 is 10.6 Å². The molecule has 23 heavy (non-hydrogen) atoms. The molecule has 0 heterocycles. The van der Waals surface area contributed by atoms with Gasteiger partial charge in [0.15, 0.2) is 5.96 Å². The van der Waals surface area contributed by atoms with Crippen LogP contribution in [0.3, 0.4) is 0 Å². The maximum Gasteiger partial charge on any atom is 0.191 e. The molecule has 1 fully saturated rings. The molecule has 0 bridgehead atoms. The first-order chi connectivity index (χ1) is 11.2. The fraction of sp³-hybridized carbons (Fsp3) is 0.350. The van der Waals surface area contributed by atoms with Gasteiger partial charge in [0.1, 0.15) is 0 Å². The summed E-state index contributed by atoms with van der Waals surface area (Å²) < 4.78 is 0. The van der Waals surface area contributed by atoms with Crippen molar-refractivity contribution in [2.75, 3.05) is 13.6 Å². The number of rotatable bonds is 5. The summed E-state index contributed by atoms with van der Waals surface area (Å²) in [6.45, 7) is 3.93. The summed E-state index contributed by atoms with van der Waals surface area (Å²) in [5.74, 6) is 0.869. The molecule has 0 unspecified atom stereocenters. The molecule has 0 aromatic heterocycles. The van der Waals surface area contributed by atoms with E-state index in [1.807, 2.05) is 13.1 Å². The molecule has 3 nitrogen and oxygen atoms in total. The van der Waals surface area contributed by atoms with Crippen molar-refractivity contribution in [2.24, 2.45) is 4.99 Å². The molecule has 2 N–H and O–H groups in total. The monoisotopic (exact) mass is 307 g/mol. The Morgan fingerprint density at radius 2 is 1.70 bits per heavy atom. The largest absolute Gasteiger partial charge is 0.356 e. The number of hydrogen-bond acceptors (Lipinski definition) is 1. The van der Waals surface area contributed by atoms with Crippen LogP contribution in [0.5, 0.6) is 0 Å². The Labute approximate surface area is 138 Å². The number of aryl methyl sites for hydroxylation is 1. The molecule has 120 valence electrons. The van der Waals surface area contributed by atoms with Crippen molar-refractivity contribution in [3.05, 3.63) is 71.3 Å². The van der Waals surface area contributed by atoms with E-state index in [9.17, 15) is 0 Å². The lowest BCUT2D eigenvalue weighted by Crippen LogP contribution is -2.41. The maximum absolute atomic E-state index is 4.34. The van der Waals surface area contributed by atoms with E-state index in [4.69, 9.17) is 0 Å². The predicted octanol–water partition coefficient (Wildman–Crippen LogP) is 3.39. The van der Waals surface area contributed by atoms with Crippen molar-refractivity contribution in [1.29, 1.82) is 0 Å². The smallest absolute Gasteiger partial charge is 0.191 e. The normalized spacial score (nSPS) is 16.0. The van der Waals surface area contributed by atoms with Crippen molar-refractivity contribution in [3.63, 3.8) is 0 Å². The van der Waals surface area contributed by atoms with E-state index in [1.165, 1.54) is 29.5 Å². The lowest BCUT2D eigenvalue weighted by atomic mass is 9.92. The van der Waals surface area contributed by atoms with Crippen LogP contribution in [0, 0.1) is 6.92 Å². The van der Waals surface area contributed by atoms with Gasteiger partial charge >= 0.3 is 0 Å². The van der Waals surface area contributed by atoms with Gasteiger partial charge in [-0.3, -0.25) is 4.99 Å². The predicted molar refractivity (Wildman–Crippen MR) is 96.7 cm³/mol. The fourth-order valence-electron chi connectivity index (χ4n) is 3.12. The molecule has 0 atom stereocenters. The van der Waals surface area contributed by atoms with Crippen molar-refractivity contribution in [3.8, 4) is 0 Å². The van der Waals surface area contributed by atoms with Gasteiger partial charge in [0.2, 0.25) is 0 Å². The molecule has 2 aromatic carbocycles. The molecule has 0 saturated heterocycles. The molecular weight excluding hydrogens is 282 g/mol. The zero-order valence-corrected chi connectivity index (χ0v) is 14.0. The zero-order chi connectivity index (χ0) is 16.1. The van der Waals surface area contributed by atoms with Crippen LogP contribution in [0.25, 0.3) is 0 Å².